The van der Waals surface area contributed by atoms with Gasteiger partial charge in [0.15, 0.2) is 0 Å². The van der Waals surface area contributed by atoms with E-state index in [1.165, 1.54) is 0 Å². The average Bonchev–Trinajstić information content (AvgIpc) is 2.83. The zero-order valence-corrected chi connectivity index (χ0v) is 10.9. The van der Waals surface area contributed by atoms with Crippen LogP contribution in [-0.4, -0.2) is 15.1 Å². The molecule has 1 heterocycles. The van der Waals surface area contributed by atoms with E-state index >= 15 is 0 Å². The van der Waals surface area contributed by atoms with E-state index in [9.17, 15) is 10.4 Å². The first-order valence-corrected chi connectivity index (χ1v) is 6.50. The largest absolute Gasteiger partial charge is 0.385 e. The lowest BCUT2D eigenvalue weighted by Crippen LogP contribution is -2.25. The predicted octanol–water partition coefficient (Wildman–Crippen LogP) is 2.54. The molecule has 3 unspecified atom stereocenters. The molecule has 0 saturated heterocycles. The maximum Gasteiger partial charge on any atom is 0.125 e. The first-order valence-electron chi connectivity index (χ1n) is 6.50. The molecule has 1 aromatic heterocycles. The molecule has 1 fully saturated rings. The van der Waals surface area contributed by atoms with Gasteiger partial charge in [0.2, 0.25) is 0 Å². The van der Waals surface area contributed by atoms with Crippen molar-refractivity contribution in [3.05, 3.63) is 23.8 Å². The molecule has 1 N–H and O–H groups in total. The highest BCUT2D eigenvalue weighted by atomic mass is 16.3. The lowest BCUT2D eigenvalue weighted by atomic mass is 9.79. The van der Waals surface area contributed by atoms with Crippen LogP contribution in [-0.2, 0) is 0 Å². The lowest BCUT2D eigenvalue weighted by molar-refractivity contribution is 0.0601. The van der Waals surface area contributed by atoms with E-state index in [1.54, 1.807) is 19.2 Å². The van der Waals surface area contributed by atoms with Gasteiger partial charge in [0.25, 0.3) is 0 Å². The van der Waals surface area contributed by atoms with Gasteiger partial charge in [-0.25, -0.2) is 9.97 Å². The normalized spacial score (nSPS) is 28.9. The maximum absolute atomic E-state index is 10.5. The van der Waals surface area contributed by atoms with E-state index in [0.717, 1.165) is 25.7 Å². The highest BCUT2D eigenvalue weighted by Crippen LogP contribution is 2.50. The topological polar surface area (TPSA) is 69.8 Å². The fourth-order valence-corrected chi connectivity index (χ4v) is 2.85. The van der Waals surface area contributed by atoms with Crippen molar-refractivity contribution in [3.8, 4) is 6.07 Å². The van der Waals surface area contributed by atoms with Crippen LogP contribution in [0.1, 0.15) is 50.2 Å². The summed E-state index contributed by atoms with van der Waals surface area (Å²) >= 11 is 0. The van der Waals surface area contributed by atoms with E-state index in [0.29, 0.717) is 17.4 Å². The molecule has 1 aromatic rings. The molecule has 0 aliphatic heterocycles. The van der Waals surface area contributed by atoms with E-state index in [2.05, 4.69) is 23.0 Å². The summed E-state index contributed by atoms with van der Waals surface area (Å²) in [4.78, 5) is 8.27. The van der Waals surface area contributed by atoms with E-state index in [4.69, 9.17) is 0 Å². The van der Waals surface area contributed by atoms with Gasteiger partial charge in [-0.05, 0) is 38.2 Å². The number of nitrogens with zero attached hydrogens (tertiary/aromatic N) is 3. The number of rotatable bonds is 3. The molecule has 0 amide bonds. The Balaban J connectivity index is 2.27. The zero-order chi connectivity index (χ0) is 13.2. The summed E-state index contributed by atoms with van der Waals surface area (Å²) in [5.41, 5.74) is -0.0950. The smallest absolute Gasteiger partial charge is 0.125 e. The molecular formula is C14H19N3O. The second-order valence-electron chi connectivity index (χ2n) is 5.22. The molecule has 18 heavy (non-hydrogen) atoms. The number of aliphatic hydroxyl groups is 1. The monoisotopic (exact) mass is 245 g/mol. The molecule has 0 spiro atoms. The average molecular weight is 245 g/mol. The third-order valence-electron chi connectivity index (χ3n) is 4.05. The molecule has 1 saturated carbocycles. The van der Waals surface area contributed by atoms with Crippen molar-refractivity contribution in [2.75, 3.05) is 0 Å². The number of aryl methyl sites for hydroxylation is 1. The summed E-state index contributed by atoms with van der Waals surface area (Å²) in [6.45, 7) is 3.93. The second kappa shape index (κ2) is 5.03. The van der Waals surface area contributed by atoms with Crippen LogP contribution in [0.5, 0.6) is 0 Å². The highest BCUT2D eigenvalue weighted by molar-refractivity contribution is 5.17. The van der Waals surface area contributed by atoms with Crippen LogP contribution in [0.2, 0.25) is 0 Å². The van der Waals surface area contributed by atoms with Gasteiger partial charge < -0.3 is 5.11 Å². The lowest BCUT2D eigenvalue weighted by Gasteiger charge is -2.27. The first-order chi connectivity index (χ1) is 8.61. The Labute approximate surface area is 108 Å². The van der Waals surface area contributed by atoms with Crippen molar-refractivity contribution in [3.63, 3.8) is 0 Å². The van der Waals surface area contributed by atoms with Crippen LogP contribution in [0.15, 0.2) is 12.3 Å². The molecule has 4 heteroatoms. The van der Waals surface area contributed by atoms with E-state index in [-0.39, 0.29) is 0 Å². The first kappa shape index (κ1) is 13.0. The van der Waals surface area contributed by atoms with Crippen LogP contribution in [0.4, 0.5) is 0 Å². The summed E-state index contributed by atoms with van der Waals surface area (Å²) in [6.07, 6.45) is 4.44. The summed E-state index contributed by atoms with van der Waals surface area (Å²) in [5, 5.41) is 20.0. The molecule has 0 radical (unpaired) electrons. The summed E-state index contributed by atoms with van der Waals surface area (Å²) in [5.74, 6) is 1.17. The minimum atomic E-state index is -0.805. The zero-order valence-electron chi connectivity index (χ0n) is 10.9. The molecule has 4 nitrogen and oxygen atoms in total. The minimum absolute atomic E-state index is 0.544. The molecule has 3 atom stereocenters. The number of aromatic nitrogens is 2. The van der Waals surface area contributed by atoms with E-state index < -0.39 is 11.5 Å². The van der Waals surface area contributed by atoms with Gasteiger partial charge in [0.1, 0.15) is 11.9 Å². The van der Waals surface area contributed by atoms with Gasteiger partial charge >= 0.3 is 0 Å². The van der Waals surface area contributed by atoms with Gasteiger partial charge in [-0.3, -0.25) is 0 Å². The van der Waals surface area contributed by atoms with Crippen LogP contribution in [0.3, 0.4) is 0 Å². The third kappa shape index (κ3) is 2.23. The van der Waals surface area contributed by atoms with Crippen LogP contribution in [0.25, 0.3) is 0 Å². The third-order valence-corrected chi connectivity index (χ3v) is 4.05. The number of nitriles is 1. The van der Waals surface area contributed by atoms with Crippen LogP contribution in [0, 0.1) is 29.6 Å². The van der Waals surface area contributed by atoms with Crippen LogP contribution < -0.4 is 0 Å². The van der Waals surface area contributed by atoms with Crippen molar-refractivity contribution in [1.82, 2.24) is 9.97 Å². The predicted molar refractivity (Wildman–Crippen MR) is 67.4 cm³/mol. The Morgan fingerprint density at radius 2 is 2.44 bits per heavy atom. The number of hydrogen-bond donors (Lipinski definition) is 1. The van der Waals surface area contributed by atoms with Gasteiger partial charge in [-0.1, -0.05) is 13.3 Å². The van der Waals surface area contributed by atoms with Crippen molar-refractivity contribution < 1.29 is 5.11 Å². The van der Waals surface area contributed by atoms with Gasteiger partial charge in [-0.2, -0.15) is 5.26 Å². The van der Waals surface area contributed by atoms with Gasteiger partial charge in [0, 0.05) is 6.20 Å². The Hall–Kier alpha value is -1.47. The maximum atomic E-state index is 10.5. The highest BCUT2D eigenvalue weighted by Gasteiger charge is 2.45. The summed E-state index contributed by atoms with van der Waals surface area (Å²) < 4.78 is 0. The van der Waals surface area contributed by atoms with E-state index in [1.807, 2.05) is 0 Å². The molecule has 1 aliphatic rings. The fraction of sp³-hybridized carbons (Fsp3) is 0.643. The standard InChI is InChI=1S/C14H19N3O/c1-3-11-4-6-14(8-11,9-15)13(18)12-5-7-16-10(2)17-12/h5,7,11,13,18H,3-4,6,8H2,1-2H3. The van der Waals surface area contributed by atoms with Gasteiger partial charge in [-0.15, -0.1) is 0 Å². The summed E-state index contributed by atoms with van der Waals surface area (Å²) in [7, 11) is 0. The van der Waals surface area contributed by atoms with Crippen molar-refractivity contribution in [1.29, 1.82) is 5.26 Å². The SMILES string of the molecule is CCC1CCC(C#N)(C(O)c2ccnc(C)n2)C1. The van der Waals surface area contributed by atoms with Crippen molar-refractivity contribution in [2.24, 2.45) is 11.3 Å². The van der Waals surface area contributed by atoms with Crippen molar-refractivity contribution >= 4 is 0 Å². The summed E-state index contributed by atoms with van der Waals surface area (Å²) in [6, 6.07) is 4.05. The fourth-order valence-electron chi connectivity index (χ4n) is 2.85. The van der Waals surface area contributed by atoms with Crippen LogP contribution >= 0.6 is 0 Å². The minimum Gasteiger partial charge on any atom is -0.385 e. The Bertz CT molecular complexity index is 468. The Morgan fingerprint density at radius 3 is 3.00 bits per heavy atom. The molecule has 96 valence electrons. The Morgan fingerprint density at radius 1 is 1.67 bits per heavy atom. The number of aliphatic hydroxyl groups excluding tert-OH is 1. The number of hydrogen-bond acceptors (Lipinski definition) is 4. The quantitative estimate of drug-likeness (QED) is 0.888. The van der Waals surface area contributed by atoms with Crippen molar-refractivity contribution in [2.45, 2.75) is 45.6 Å². The van der Waals surface area contributed by atoms with Gasteiger partial charge in [0.05, 0.1) is 17.2 Å². The molecular weight excluding hydrogens is 226 g/mol. The molecule has 2 rings (SSSR count). The Kier molecular flexibility index (Phi) is 3.63. The molecule has 0 aromatic carbocycles. The second-order valence-corrected chi connectivity index (χ2v) is 5.22. The molecule has 1 aliphatic carbocycles. The molecule has 0 bridgehead atoms.